The zero-order chi connectivity index (χ0) is 57.5. The molecule has 0 bridgehead atoms. The first-order valence-electron chi connectivity index (χ1n) is 28.8. The third kappa shape index (κ3) is 10.5. The van der Waals surface area contributed by atoms with Crippen molar-refractivity contribution in [3.63, 3.8) is 0 Å². The number of aromatic nitrogens is 2. The number of nitrogens with zero attached hydrogens (tertiary/aromatic N) is 4. The van der Waals surface area contributed by atoms with Crippen LogP contribution in [0.3, 0.4) is 0 Å². The number of anilines is 4. The van der Waals surface area contributed by atoms with Gasteiger partial charge in [-0.3, -0.25) is 4.57 Å². The van der Waals surface area contributed by atoms with Gasteiger partial charge in [0.1, 0.15) is 35.6 Å². The van der Waals surface area contributed by atoms with E-state index in [0.717, 1.165) is 97.1 Å². The van der Waals surface area contributed by atoms with Crippen molar-refractivity contribution in [1.29, 1.82) is 0 Å². The molecule has 0 fully saturated rings. The van der Waals surface area contributed by atoms with Crippen molar-refractivity contribution in [2.75, 3.05) is 16.5 Å². The number of hydrogen-bond acceptors (Lipinski definition) is 4. The minimum Gasteiger partial charge on any atom is -0.457 e. The van der Waals surface area contributed by atoms with Crippen LogP contribution in [-0.2, 0) is 34.5 Å². The quantitative estimate of drug-likeness (QED) is 0.137. The fourth-order valence-electron chi connectivity index (χ4n) is 11.7. The van der Waals surface area contributed by atoms with E-state index >= 15 is 8.78 Å². The molecule has 0 radical (unpaired) electrons. The zero-order valence-corrected chi connectivity index (χ0v) is 49.7. The third-order valence-electron chi connectivity index (χ3n) is 16.4. The van der Waals surface area contributed by atoms with E-state index in [1.807, 2.05) is 6.20 Å². The molecule has 0 unspecified atom stereocenters. The van der Waals surface area contributed by atoms with E-state index in [9.17, 15) is 0 Å². The van der Waals surface area contributed by atoms with E-state index in [0.29, 0.717) is 23.7 Å². The highest BCUT2D eigenvalue weighted by molar-refractivity contribution is 6.09. The molecule has 5 nitrogen and oxygen atoms in total. The molecule has 1 aliphatic heterocycles. The Balaban J connectivity index is 1.13. The summed E-state index contributed by atoms with van der Waals surface area (Å²) >= 11 is 0. The van der Waals surface area contributed by atoms with Gasteiger partial charge in [-0.1, -0.05) is 164 Å². The van der Waals surface area contributed by atoms with Gasteiger partial charge >= 0.3 is 0 Å². The molecule has 0 spiro atoms. The molecule has 412 valence electrons. The Kier molecular flexibility index (Phi) is 13.9. The number of pyridine rings is 1. The maximum atomic E-state index is 15.7. The highest BCUT2D eigenvalue weighted by Crippen LogP contribution is 2.53. The number of hydrogen-bond donors (Lipinski definition) is 0. The molecule has 0 N–H and O–H groups in total. The molecule has 11 rings (SSSR count). The first kappa shape index (κ1) is 54.9. The van der Waals surface area contributed by atoms with Gasteiger partial charge in [0.05, 0.1) is 28.1 Å². The van der Waals surface area contributed by atoms with Crippen LogP contribution in [0.25, 0.3) is 61.0 Å². The van der Waals surface area contributed by atoms with Gasteiger partial charge in [0.15, 0.2) is 0 Å². The molecule has 0 amide bonds. The maximum absolute atomic E-state index is 15.7. The summed E-state index contributed by atoms with van der Waals surface area (Å²) in [6, 6.07) is 56.5. The molecule has 1 aliphatic rings. The zero-order valence-electron chi connectivity index (χ0n) is 49.7. The number of aryl methyl sites for hydroxylation is 2. The normalized spacial score (nSPS) is 13.2. The Labute approximate surface area is 478 Å². The second kappa shape index (κ2) is 20.5. The summed E-state index contributed by atoms with van der Waals surface area (Å²) in [6.07, 6.45) is 3.64. The molecule has 0 saturated carbocycles. The van der Waals surface area contributed by atoms with Gasteiger partial charge in [-0.25, -0.2) is 13.8 Å². The topological polar surface area (TPSA) is 33.5 Å². The Hall–Kier alpha value is -8.03. The molecule has 3 heterocycles. The summed E-state index contributed by atoms with van der Waals surface area (Å²) in [5.74, 6) is 1.01. The van der Waals surface area contributed by atoms with Crippen LogP contribution < -0.4 is 14.5 Å². The molecular formula is C74H76F2N4O. The highest BCUT2D eigenvalue weighted by Gasteiger charge is 2.34. The van der Waals surface area contributed by atoms with Crippen LogP contribution in [-0.4, -0.2) is 16.2 Å². The minimum absolute atomic E-state index is 0.0647. The second-order valence-electron chi connectivity index (χ2n) is 26.3. The van der Waals surface area contributed by atoms with Gasteiger partial charge in [-0.05, 0) is 169 Å². The van der Waals surface area contributed by atoms with Crippen molar-refractivity contribution in [3.8, 4) is 50.7 Å². The second-order valence-corrected chi connectivity index (χ2v) is 26.3. The maximum Gasteiger partial charge on any atom is 0.137 e. The third-order valence-corrected chi connectivity index (χ3v) is 16.4. The summed E-state index contributed by atoms with van der Waals surface area (Å²) in [5, 5.41) is 2.26. The summed E-state index contributed by atoms with van der Waals surface area (Å²) in [5.41, 5.74) is 17.9. The largest absolute Gasteiger partial charge is 0.457 e. The molecule has 10 aromatic rings. The van der Waals surface area contributed by atoms with E-state index in [-0.39, 0.29) is 21.7 Å². The van der Waals surface area contributed by atoms with Crippen molar-refractivity contribution in [1.82, 2.24) is 9.55 Å². The van der Waals surface area contributed by atoms with Gasteiger partial charge in [0, 0.05) is 52.0 Å². The molecule has 2 aromatic heterocycles. The van der Waals surface area contributed by atoms with Gasteiger partial charge in [0.2, 0.25) is 0 Å². The van der Waals surface area contributed by atoms with Gasteiger partial charge in [0.25, 0.3) is 0 Å². The predicted octanol–water partition coefficient (Wildman–Crippen LogP) is 20.8. The highest BCUT2D eigenvalue weighted by atomic mass is 19.1. The Morgan fingerprint density at radius 1 is 0.457 bits per heavy atom. The lowest BCUT2D eigenvalue weighted by Gasteiger charge is -2.32. The summed E-state index contributed by atoms with van der Waals surface area (Å²) in [6.45, 7) is 31.7. The lowest BCUT2D eigenvalue weighted by molar-refractivity contribution is 0.483. The molecular weight excluding hydrogens is 999 g/mol. The van der Waals surface area contributed by atoms with Crippen LogP contribution in [0.2, 0.25) is 0 Å². The van der Waals surface area contributed by atoms with Crippen molar-refractivity contribution in [3.05, 3.63) is 215 Å². The number of fused-ring (bicyclic) bond motifs is 4. The Bertz CT molecular complexity index is 3990. The first-order chi connectivity index (χ1) is 38.4. The van der Waals surface area contributed by atoms with Crippen molar-refractivity contribution in [2.45, 2.75) is 131 Å². The minimum atomic E-state index is -0.623. The summed E-state index contributed by atoms with van der Waals surface area (Å²) < 4.78 is 41.0. The van der Waals surface area contributed by atoms with Crippen LogP contribution in [0.1, 0.15) is 130 Å². The first-order valence-corrected chi connectivity index (χ1v) is 28.8. The van der Waals surface area contributed by atoms with Gasteiger partial charge in [-0.2, -0.15) is 0 Å². The molecule has 0 saturated heterocycles. The van der Waals surface area contributed by atoms with Gasteiger partial charge < -0.3 is 14.5 Å². The van der Waals surface area contributed by atoms with Gasteiger partial charge in [-0.15, -0.1) is 0 Å². The molecule has 0 aliphatic carbocycles. The average Bonchev–Trinajstić information content (AvgIpc) is 4.24. The number of halogens is 2. The average molecular weight is 1080 g/mol. The van der Waals surface area contributed by atoms with Crippen LogP contribution in [0, 0.1) is 11.6 Å². The molecule has 7 heteroatoms. The van der Waals surface area contributed by atoms with Crippen LogP contribution in [0.15, 0.2) is 170 Å². The lowest BCUT2D eigenvalue weighted by atomic mass is 9.77. The van der Waals surface area contributed by atoms with E-state index in [2.05, 4.69) is 257 Å². The molecule has 81 heavy (non-hydrogen) atoms. The van der Waals surface area contributed by atoms with Crippen LogP contribution >= 0.6 is 0 Å². The fourth-order valence-corrected chi connectivity index (χ4v) is 11.7. The van der Waals surface area contributed by atoms with Crippen LogP contribution in [0.4, 0.5) is 31.5 Å². The van der Waals surface area contributed by atoms with Crippen LogP contribution in [0.5, 0.6) is 11.5 Å². The fraction of sp³-hybridized carbons (Fsp3) is 0.284. The summed E-state index contributed by atoms with van der Waals surface area (Å²) in [4.78, 5) is 9.69. The number of benzene rings is 8. The van der Waals surface area contributed by atoms with E-state index in [1.54, 1.807) is 0 Å². The summed E-state index contributed by atoms with van der Waals surface area (Å²) in [7, 11) is 0. The van der Waals surface area contributed by atoms with E-state index < -0.39 is 11.6 Å². The standard InChI is InChI=1S/C74H76F2N4O/c1-15-46-22-21-23-47(16-2)69(46)50-36-57(43-59(37-50)81-58-28-29-61-60-24-17-18-25-64(60)80(67(61)44-58)68-41-51(30-31-77-68)71(3,4)5)78-45-79(66-27-20-19-26-65(66)78)70-62(48-32-52(72(6,7)8)38-53(33-48)73(9,10)11)39-54(74(12,13)14)40-63(70)49-34-55(75)42-56(76)35-49/h17-44H,15-16,45H2,1-14H3. The lowest BCUT2D eigenvalue weighted by Crippen LogP contribution is -2.25. The van der Waals surface area contributed by atoms with Crippen molar-refractivity contribution < 1.29 is 13.5 Å². The van der Waals surface area contributed by atoms with E-state index in [1.165, 1.54) is 45.5 Å². The smallest absolute Gasteiger partial charge is 0.137 e. The van der Waals surface area contributed by atoms with E-state index in [4.69, 9.17) is 9.72 Å². The number of para-hydroxylation sites is 3. The van der Waals surface area contributed by atoms with Crippen molar-refractivity contribution in [2.24, 2.45) is 0 Å². The Morgan fingerprint density at radius 2 is 1.01 bits per heavy atom. The Morgan fingerprint density at radius 3 is 1.62 bits per heavy atom. The number of ether oxygens (including phenoxy) is 1. The SMILES string of the molecule is CCc1cccc(CC)c1-c1cc(Oc2ccc3c4ccccc4n(-c4cc(C(C)(C)C)ccn4)c3c2)cc(N2CN(c3c(-c4cc(F)cc(F)c4)cc(C(C)(C)C)cc3-c3cc(C(C)(C)C)cc(C(C)(C)C)c3)c3ccccc32)c1. The molecule has 0 atom stereocenters. The predicted molar refractivity (Wildman–Crippen MR) is 337 cm³/mol. The van der Waals surface area contributed by atoms with Crippen molar-refractivity contribution >= 4 is 44.6 Å². The monoisotopic (exact) mass is 1070 g/mol. The number of rotatable bonds is 10. The molecule has 8 aromatic carbocycles.